The van der Waals surface area contributed by atoms with Gasteiger partial charge in [0.1, 0.15) is 6.04 Å². The Hall–Kier alpha value is -3.16. The van der Waals surface area contributed by atoms with E-state index in [9.17, 15) is 9.59 Å². The van der Waals surface area contributed by atoms with Crippen LogP contribution in [0.1, 0.15) is 34.8 Å². The van der Waals surface area contributed by atoms with Crippen molar-refractivity contribution in [3.05, 3.63) is 70.9 Å². The summed E-state index contributed by atoms with van der Waals surface area (Å²) in [6.45, 7) is 7.16. The van der Waals surface area contributed by atoms with Crippen LogP contribution in [0.3, 0.4) is 0 Å². The van der Waals surface area contributed by atoms with E-state index in [0.29, 0.717) is 13.0 Å². The van der Waals surface area contributed by atoms with Gasteiger partial charge in [-0.1, -0.05) is 48.0 Å². The van der Waals surface area contributed by atoms with E-state index < -0.39 is 6.04 Å². The second-order valence-corrected chi connectivity index (χ2v) is 9.96. The minimum Gasteiger partial charge on any atom is -0.379 e. The number of nitrogens with zero attached hydrogens (tertiary/aromatic N) is 3. The van der Waals surface area contributed by atoms with Crippen molar-refractivity contribution >= 4 is 22.7 Å². The first kappa shape index (κ1) is 22.3. The van der Waals surface area contributed by atoms with Crippen molar-refractivity contribution in [3.8, 4) is 0 Å². The monoisotopic (exact) mass is 472 g/mol. The van der Waals surface area contributed by atoms with E-state index in [2.05, 4.69) is 53.2 Å². The minimum absolute atomic E-state index is 0.0239. The second kappa shape index (κ2) is 9.13. The van der Waals surface area contributed by atoms with Crippen LogP contribution >= 0.6 is 0 Å². The van der Waals surface area contributed by atoms with Crippen molar-refractivity contribution < 1.29 is 14.3 Å². The molecule has 0 saturated carbocycles. The first-order valence-electron chi connectivity index (χ1n) is 12.7. The van der Waals surface area contributed by atoms with Gasteiger partial charge in [-0.15, -0.1) is 0 Å². The lowest BCUT2D eigenvalue weighted by Crippen LogP contribution is -2.63. The average molecular weight is 473 g/mol. The molecule has 2 saturated heterocycles. The number of aryl methyl sites for hydroxylation is 1. The van der Waals surface area contributed by atoms with E-state index in [1.165, 1.54) is 5.56 Å². The normalized spacial score (nSPS) is 23.0. The molecule has 0 bridgehead atoms. The van der Waals surface area contributed by atoms with Gasteiger partial charge in [0.05, 0.1) is 25.8 Å². The molecule has 3 aliphatic rings. The van der Waals surface area contributed by atoms with Crippen LogP contribution in [0.25, 0.3) is 10.9 Å². The third-order valence-corrected chi connectivity index (χ3v) is 7.74. The van der Waals surface area contributed by atoms with E-state index in [0.717, 1.165) is 67.0 Å². The molecule has 0 unspecified atom stereocenters. The summed E-state index contributed by atoms with van der Waals surface area (Å²) in [4.78, 5) is 37.0. The molecule has 182 valence electrons. The largest absolute Gasteiger partial charge is 0.379 e. The molecule has 0 aliphatic carbocycles. The van der Waals surface area contributed by atoms with Gasteiger partial charge in [0, 0.05) is 49.2 Å². The quantitative estimate of drug-likeness (QED) is 0.620. The number of hydrogen-bond acceptors (Lipinski definition) is 4. The number of hydrogen-bond donors (Lipinski definition) is 1. The van der Waals surface area contributed by atoms with Gasteiger partial charge in [-0.25, -0.2) is 0 Å². The number of aromatic nitrogens is 1. The van der Waals surface area contributed by atoms with Gasteiger partial charge in [0.2, 0.25) is 11.8 Å². The number of benzene rings is 2. The van der Waals surface area contributed by atoms with Crippen molar-refractivity contribution in [2.24, 2.45) is 0 Å². The molecule has 3 aromatic rings. The van der Waals surface area contributed by atoms with Gasteiger partial charge < -0.3 is 19.5 Å². The Morgan fingerprint density at radius 1 is 1.00 bits per heavy atom. The molecule has 3 aliphatic heterocycles. The highest BCUT2D eigenvalue weighted by Gasteiger charge is 2.48. The van der Waals surface area contributed by atoms with Crippen LogP contribution in [0.4, 0.5) is 0 Å². The predicted octanol–water partition coefficient (Wildman–Crippen LogP) is 2.88. The van der Waals surface area contributed by atoms with Crippen molar-refractivity contribution in [1.29, 1.82) is 0 Å². The summed E-state index contributed by atoms with van der Waals surface area (Å²) < 4.78 is 5.43. The zero-order chi connectivity index (χ0) is 23.9. The number of piperazine rings is 1. The minimum atomic E-state index is -0.474. The second-order valence-electron chi connectivity index (χ2n) is 9.96. The van der Waals surface area contributed by atoms with Crippen LogP contribution in [0.2, 0.25) is 0 Å². The van der Waals surface area contributed by atoms with E-state index >= 15 is 0 Å². The summed E-state index contributed by atoms with van der Waals surface area (Å²) in [7, 11) is 0. The molecule has 0 radical (unpaired) electrons. The molecular weight excluding hydrogens is 440 g/mol. The third kappa shape index (κ3) is 4.02. The number of nitrogens with one attached hydrogen (secondary N) is 1. The van der Waals surface area contributed by atoms with Gasteiger partial charge in [0.25, 0.3) is 0 Å². The fraction of sp³-hybridized carbons (Fsp3) is 0.429. The molecule has 1 aromatic heterocycles. The standard InChI is InChI=1S/C28H32N4O3/c1-19-7-9-20(10-8-19)27-26-22(21-5-2-3-6-23(21)29-26)17-24-28(34)31(18-25(33)32(24)27)12-4-11-30-13-15-35-16-14-30/h2-3,5-10,24,27,29H,4,11-18H2,1H3/t24-,27-/m0/s1. The van der Waals surface area contributed by atoms with Crippen LogP contribution in [0.5, 0.6) is 0 Å². The summed E-state index contributed by atoms with van der Waals surface area (Å²) in [6.07, 6.45) is 1.41. The lowest BCUT2D eigenvalue weighted by molar-refractivity contribution is -0.158. The molecule has 1 N–H and O–H groups in total. The summed E-state index contributed by atoms with van der Waals surface area (Å²) in [5, 5.41) is 1.14. The van der Waals surface area contributed by atoms with Gasteiger partial charge in [-0.05, 0) is 30.5 Å². The zero-order valence-corrected chi connectivity index (χ0v) is 20.2. The maximum atomic E-state index is 13.8. The number of ether oxygens (including phenoxy) is 1. The first-order valence-corrected chi connectivity index (χ1v) is 12.7. The maximum absolute atomic E-state index is 13.8. The number of aromatic amines is 1. The van der Waals surface area contributed by atoms with E-state index in [4.69, 9.17) is 4.74 Å². The number of morpholine rings is 1. The highest BCUT2D eigenvalue weighted by molar-refractivity contribution is 5.97. The van der Waals surface area contributed by atoms with Gasteiger partial charge >= 0.3 is 0 Å². The summed E-state index contributed by atoms with van der Waals surface area (Å²) in [6, 6.07) is 15.8. The van der Waals surface area contributed by atoms with E-state index in [1.807, 2.05) is 17.0 Å². The Balaban J connectivity index is 1.31. The van der Waals surface area contributed by atoms with Crippen LogP contribution in [0.15, 0.2) is 48.5 Å². The van der Waals surface area contributed by atoms with Crippen molar-refractivity contribution in [2.75, 3.05) is 45.9 Å². The summed E-state index contributed by atoms with van der Waals surface area (Å²) in [5.74, 6) is 0.0930. The molecule has 2 aromatic carbocycles. The molecule has 4 heterocycles. The predicted molar refractivity (Wildman–Crippen MR) is 134 cm³/mol. The van der Waals surface area contributed by atoms with E-state index in [1.54, 1.807) is 4.90 Å². The number of carbonyl (C=O) groups excluding carboxylic acids is 2. The molecule has 2 atom stereocenters. The number of rotatable bonds is 5. The Kier molecular flexibility index (Phi) is 5.82. The van der Waals surface area contributed by atoms with Crippen molar-refractivity contribution in [3.63, 3.8) is 0 Å². The summed E-state index contributed by atoms with van der Waals surface area (Å²) in [5.41, 5.74) is 5.45. The lowest BCUT2D eigenvalue weighted by Gasteiger charge is -2.47. The van der Waals surface area contributed by atoms with Crippen LogP contribution in [-0.4, -0.2) is 83.5 Å². The van der Waals surface area contributed by atoms with Crippen LogP contribution in [-0.2, 0) is 20.7 Å². The topological polar surface area (TPSA) is 68.9 Å². The third-order valence-electron chi connectivity index (χ3n) is 7.74. The molecule has 35 heavy (non-hydrogen) atoms. The highest BCUT2D eigenvalue weighted by atomic mass is 16.5. The Morgan fingerprint density at radius 2 is 1.77 bits per heavy atom. The number of amides is 2. The fourth-order valence-electron chi connectivity index (χ4n) is 5.92. The molecule has 2 amide bonds. The molecular formula is C28H32N4O3. The summed E-state index contributed by atoms with van der Waals surface area (Å²) >= 11 is 0. The number of para-hydroxylation sites is 1. The fourth-order valence-corrected chi connectivity index (χ4v) is 5.92. The van der Waals surface area contributed by atoms with E-state index in [-0.39, 0.29) is 24.4 Å². The smallest absolute Gasteiger partial charge is 0.246 e. The molecule has 7 heteroatoms. The maximum Gasteiger partial charge on any atom is 0.246 e. The Morgan fingerprint density at radius 3 is 2.57 bits per heavy atom. The SMILES string of the molecule is Cc1ccc([C@H]2c3[nH]c4ccccc4c3C[C@H]3C(=O)N(CCCN4CCOCC4)CC(=O)N23)cc1. The zero-order valence-electron chi connectivity index (χ0n) is 20.2. The number of fused-ring (bicyclic) bond motifs is 4. The highest BCUT2D eigenvalue weighted by Crippen LogP contribution is 2.42. The molecule has 0 spiro atoms. The lowest BCUT2D eigenvalue weighted by atomic mass is 9.86. The molecule has 2 fully saturated rings. The van der Waals surface area contributed by atoms with Crippen molar-refractivity contribution in [1.82, 2.24) is 19.7 Å². The molecule has 6 rings (SSSR count). The number of H-pyrrole nitrogens is 1. The average Bonchev–Trinajstić information content (AvgIpc) is 3.25. The van der Waals surface area contributed by atoms with Gasteiger partial charge in [-0.2, -0.15) is 0 Å². The molecule has 7 nitrogen and oxygen atoms in total. The first-order chi connectivity index (χ1) is 17.1. The van der Waals surface area contributed by atoms with Crippen molar-refractivity contribution in [2.45, 2.75) is 31.8 Å². The Labute approximate surface area is 205 Å². The van der Waals surface area contributed by atoms with Gasteiger partial charge in [-0.3, -0.25) is 14.5 Å². The Bertz CT molecular complexity index is 1240. The van der Waals surface area contributed by atoms with Crippen LogP contribution < -0.4 is 0 Å². The number of carbonyl (C=O) groups is 2. The van der Waals surface area contributed by atoms with Crippen LogP contribution in [0, 0.1) is 6.92 Å². The van der Waals surface area contributed by atoms with Gasteiger partial charge in [0.15, 0.2) is 0 Å².